The minimum atomic E-state index is 0.451. The van der Waals surface area contributed by atoms with E-state index in [1.807, 2.05) is 12.1 Å². The summed E-state index contributed by atoms with van der Waals surface area (Å²) < 4.78 is 0. The van der Waals surface area contributed by atoms with Crippen LogP contribution in [-0.4, -0.2) is 40.8 Å². The van der Waals surface area contributed by atoms with Crippen molar-refractivity contribution in [2.24, 2.45) is 0 Å². The van der Waals surface area contributed by atoms with Gasteiger partial charge in [-0.05, 0) is 25.0 Å². The second kappa shape index (κ2) is 5.42. The van der Waals surface area contributed by atoms with Crippen molar-refractivity contribution in [1.29, 1.82) is 5.26 Å². The van der Waals surface area contributed by atoms with Crippen LogP contribution in [0, 0.1) is 11.3 Å². The Labute approximate surface area is 95.1 Å². The van der Waals surface area contributed by atoms with Crippen molar-refractivity contribution in [3.63, 3.8) is 0 Å². The highest BCUT2D eigenvalue weighted by atomic mass is 15.2. The van der Waals surface area contributed by atoms with Gasteiger partial charge in [-0.15, -0.1) is 5.10 Å². The predicted molar refractivity (Wildman–Crippen MR) is 60.7 cm³/mol. The number of hydrogen-bond donors (Lipinski definition) is 1. The quantitative estimate of drug-likeness (QED) is 0.761. The summed E-state index contributed by atoms with van der Waals surface area (Å²) in [5.74, 6) is 0.834. The summed E-state index contributed by atoms with van der Waals surface area (Å²) in [7, 11) is 0. The van der Waals surface area contributed by atoms with Crippen molar-refractivity contribution in [3.05, 3.63) is 18.3 Å². The van der Waals surface area contributed by atoms with Crippen LogP contribution in [0.5, 0.6) is 0 Å². The number of aromatic nitrogens is 2. The minimum Gasteiger partial charge on any atom is -0.366 e. The van der Waals surface area contributed by atoms with Gasteiger partial charge in [-0.2, -0.15) is 10.4 Å². The fourth-order valence-electron chi connectivity index (χ4n) is 1.92. The van der Waals surface area contributed by atoms with E-state index >= 15 is 0 Å². The lowest BCUT2D eigenvalue weighted by Crippen LogP contribution is -2.39. The maximum Gasteiger partial charge on any atom is 0.148 e. The number of nitrogens with zero attached hydrogens (tertiary/aromatic N) is 4. The van der Waals surface area contributed by atoms with Gasteiger partial charge in [0.15, 0.2) is 0 Å². The van der Waals surface area contributed by atoms with Crippen molar-refractivity contribution in [2.75, 3.05) is 25.0 Å². The van der Waals surface area contributed by atoms with E-state index in [1.54, 1.807) is 6.20 Å². The molecule has 1 N–H and O–H groups in total. The van der Waals surface area contributed by atoms with E-state index in [9.17, 15) is 0 Å². The fraction of sp³-hybridized carbons (Fsp3) is 0.545. The molecule has 1 aromatic heterocycles. The molecule has 0 unspecified atom stereocenters. The first-order valence-corrected chi connectivity index (χ1v) is 5.52. The molecular weight excluding hydrogens is 202 g/mol. The van der Waals surface area contributed by atoms with E-state index in [2.05, 4.69) is 26.5 Å². The lowest BCUT2D eigenvalue weighted by atomic mass is 10.1. The summed E-state index contributed by atoms with van der Waals surface area (Å²) >= 11 is 0. The van der Waals surface area contributed by atoms with Crippen LogP contribution >= 0.6 is 0 Å². The lowest BCUT2D eigenvalue weighted by molar-refractivity contribution is 0.242. The number of nitriles is 1. The number of rotatable bonds is 3. The second-order valence-electron chi connectivity index (χ2n) is 3.96. The molecule has 1 fully saturated rings. The monoisotopic (exact) mass is 217 g/mol. The van der Waals surface area contributed by atoms with Crippen LogP contribution in [-0.2, 0) is 0 Å². The fourth-order valence-corrected chi connectivity index (χ4v) is 1.92. The summed E-state index contributed by atoms with van der Waals surface area (Å²) in [6.07, 6.45) is 3.78. The number of piperidine rings is 1. The van der Waals surface area contributed by atoms with E-state index in [0.717, 1.165) is 31.7 Å². The molecule has 1 aliphatic rings. The molecule has 0 aliphatic carbocycles. The highest BCUT2D eigenvalue weighted by Crippen LogP contribution is 2.13. The average molecular weight is 217 g/mol. The predicted octanol–water partition coefficient (Wildman–Crippen LogP) is 0.876. The van der Waals surface area contributed by atoms with Gasteiger partial charge in [-0.3, -0.25) is 4.90 Å². The Morgan fingerprint density at radius 3 is 2.94 bits per heavy atom. The van der Waals surface area contributed by atoms with Crippen LogP contribution in [0.25, 0.3) is 0 Å². The molecule has 5 heteroatoms. The normalized spacial score (nSPS) is 17.9. The molecule has 5 nitrogen and oxygen atoms in total. The molecule has 2 rings (SSSR count). The molecular formula is C11H15N5. The van der Waals surface area contributed by atoms with Gasteiger partial charge in [-0.1, -0.05) is 0 Å². The molecule has 0 atom stereocenters. The smallest absolute Gasteiger partial charge is 0.148 e. The zero-order valence-corrected chi connectivity index (χ0v) is 9.13. The van der Waals surface area contributed by atoms with Crippen molar-refractivity contribution in [3.8, 4) is 6.07 Å². The van der Waals surface area contributed by atoms with E-state index < -0.39 is 0 Å². The Kier molecular flexibility index (Phi) is 3.67. The average Bonchev–Trinajstić information content (AvgIpc) is 2.33. The third-order valence-corrected chi connectivity index (χ3v) is 2.81. The first-order chi connectivity index (χ1) is 7.88. The van der Waals surface area contributed by atoms with Crippen LogP contribution in [0.3, 0.4) is 0 Å². The summed E-state index contributed by atoms with van der Waals surface area (Å²) in [6, 6.07) is 6.44. The Hall–Kier alpha value is -1.67. The van der Waals surface area contributed by atoms with Crippen molar-refractivity contribution >= 4 is 5.82 Å². The maximum atomic E-state index is 8.59. The first-order valence-electron chi connectivity index (χ1n) is 5.52. The highest BCUT2D eigenvalue weighted by Gasteiger charge is 2.18. The first kappa shape index (κ1) is 10.8. The zero-order chi connectivity index (χ0) is 11.2. The van der Waals surface area contributed by atoms with Crippen LogP contribution in [0.4, 0.5) is 5.82 Å². The molecule has 16 heavy (non-hydrogen) atoms. The topological polar surface area (TPSA) is 64.8 Å². The van der Waals surface area contributed by atoms with E-state index in [0.29, 0.717) is 12.6 Å². The zero-order valence-electron chi connectivity index (χ0n) is 9.13. The molecule has 1 aliphatic heterocycles. The molecule has 0 amide bonds. The van der Waals surface area contributed by atoms with Crippen LogP contribution in [0.2, 0.25) is 0 Å². The molecule has 1 aromatic rings. The van der Waals surface area contributed by atoms with Gasteiger partial charge < -0.3 is 5.32 Å². The summed E-state index contributed by atoms with van der Waals surface area (Å²) in [6.45, 7) is 2.49. The summed E-state index contributed by atoms with van der Waals surface area (Å²) in [5, 5.41) is 19.8. The van der Waals surface area contributed by atoms with Crippen molar-refractivity contribution in [1.82, 2.24) is 15.1 Å². The van der Waals surface area contributed by atoms with E-state index in [4.69, 9.17) is 5.26 Å². The summed E-state index contributed by atoms with van der Waals surface area (Å²) in [4.78, 5) is 2.18. The Bertz CT molecular complexity index is 350. The SMILES string of the molecule is N#CCN1CCC(Nc2cccnn2)CC1. The van der Waals surface area contributed by atoms with Crippen LogP contribution in [0.15, 0.2) is 18.3 Å². The Morgan fingerprint density at radius 2 is 2.31 bits per heavy atom. The van der Waals surface area contributed by atoms with Gasteiger partial charge in [0.25, 0.3) is 0 Å². The lowest BCUT2D eigenvalue weighted by Gasteiger charge is -2.30. The van der Waals surface area contributed by atoms with Gasteiger partial charge >= 0.3 is 0 Å². The van der Waals surface area contributed by atoms with Crippen molar-refractivity contribution < 1.29 is 0 Å². The largest absolute Gasteiger partial charge is 0.366 e. The third-order valence-electron chi connectivity index (χ3n) is 2.81. The Morgan fingerprint density at radius 1 is 1.50 bits per heavy atom. The maximum absolute atomic E-state index is 8.59. The van der Waals surface area contributed by atoms with Gasteiger partial charge in [0.05, 0.1) is 12.6 Å². The molecule has 0 radical (unpaired) electrons. The molecule has 2 heterocycles. The van der Waals surface area contributed by atoms with Crippen LogP contribution < -0.4 is 5.32 Å². The molecule has 1 saturated heterocycles. The minimum absolute atomic E-state index is 0.451. The highest BCUT2D eigenvalue weighted by molar-refractivity contribution is 5.32. The van der Waals surface area contributed by atoms with Crippen LogP contribution in [0.1, 0.15) is 12.8 Å². The Balaban J connectivity index is 1.80. The molecule has 0 saturated carbocycles. The molecule has 0 spiro atoms. The number of nitrogens with one attached hydrogen (secondary N) is 1. The second-order valence-corrected chi connectivity index (χ2v) is 3.96. The molecule has 0 bridgehead atoms. The van der Waals surface area contributed by atoms with Gasteiger partial charge in [0.1, 0.15) is 5.82 Å². The van der Waals surface area contributed by atoms with E-state index in [1.165, 1.54) is 0 Å². The number of anilines is 1. The van der Waals surface area contributed by atoms with Gasteiger partial charge in [0.2, 0.25) is 0 Å². The standard InChI is InChI=1S/C11H15N5/c12-5-9-16-7-3-10(4-8-16)14-11-2-1-6-13-15-11/h1-2,6,10H,3-4,7-9H2,(H,14,15). The molecule has 0 aromatic carbocycles. The number of likely N-dealkylation sites (tertiary alicyclic amines) is 1. The van der Waals surface area contributed by atoms with Gasteiger partial charge in [-0.25, -0.2) is 0 Å². The van der Waals surface area contributed by atoms with Gasteiger partial charge in [0, 0.05) is 25.3 Å². The third kappa shape index (κ3) is 2.91. The van der Waals surface area contributed by atoms with Crippen molar-refractivity contribution in [2.45, 2.75) is 18.9 Å². The summed E-state index contributed by atoms with van der Waals surface area (Å²) in [5.41, 5.74) is 0. The molecule has 84 valence electrons. The number of hydrogen-bond acceptors (Lipinski definition) is 5. The van der Waals surface area contributed by atoms with E-state index in [-0.39, 0.29) is 0 Å².